The van der Waals surface area contributed by atoms with E-state index in [1.807, 2.05) is 0 Å². The first kappa shape index (κ1) is 22.2. The van der Waals surface area contributed by atoms with Crippen molar-refractivity contribution >= 4 is 5.91 Å². The molecule has 4 unspecified atom stereocenters. The average molecular weight is 442 g/mol. The van der Waals surface area contributed by atoms with E-state index in [0.717, 1.165) is 50.4 Å². The first-order valence-electron chi connectivity index (χ1n) is 12.4. The Bertz CT molecular complexity index is 893. The number of hydrogen-bond donors (Lipinski definition) is 3. The second kappa shape index (κ2) is 7.71. The van der Waals surface area contributed by atoms with Crippen LogP contribution >= 0.6 is 0 Å². The largest absolute Gasteiger partial charge is 0.488 e. The van der Waals surface area contributed by atoms with Crippen molar-refractivity contribution in [1.29, 1.82) is 0 Å². The molecule has 3 fully saturated rings. The van der Waals surface area contributed by atoms with Gasteiger partial charge in [-0.05, 0) is 101 Å². The number of likely N-dealkylation sites (tertiary alicyclic amines) is 1. The lowest BCUT2D eigenvalue weighted by Gasteiger charge is -2.65. The van der Waals surface area contributed by atoms with Gasteiger partial charge in [0.15, 0.2) is 0 Å². The second-order valence-corrected chi connectivity index (χ2v) is 11.7. The van der Waals surface area contributed by atoms with Crippen molar-refractivity contribution in [3.05, 3.63) is 29.3 Å². The van der Waals surface area contributed by atoms with Crippen LogP contribution in [0.5, 0.6) is 5.75 Å². The van der Waals surface area contributed by atoms with Crippen LogP contribution in [0.15, 0.2) is 18.2 Å². The minimum atomic E-state index is -0.780. The highest BCUT2D eigenvalue weighted by Crippen LogP contribution is 2.59. The van der Waals surface area contributed by atoms with Gasteiger partial charge in [0, 0.05) is 24.0 Å². The number of nitrogens with one attached hydrogen (secondary N) is 1. The molecule has 1 aromatic carbocycles. The summed E-state index contributed by atoms with van der Waals surface area (Å²) in [6.07, 6.45) is 6.70. The Balaban J connectivity index is 1.55. The van der Waals surface area contributed by atoms with Gasteiger partial charge in [-0.1, -0.05) is 6.07 Å². The predicted octanol–water partition coefficient (Wildman–Crippen LogP) is 2.50. The summed E-state index contributed by atoms with van der Waals surface area (Å²) in [5, 5.41) is 15.6. The van der Waals surface area contributed by atoms with Crippen LogP contribution in [0.25, 0.3) is 0 Å². The second-order valence-electron chi connectivity index (χ2n) is 11.7. The molecule has 32 heavy (non-hydrogen) atoms. The Hall–Kier alpha value is -1.63. The Kier molecular flexibility index (Phi) is 5.34. The summed E-state index contributed by atoms with van der Waals surface area (Å²) in [4.78, 5) is 14.7. The molecule has 176 valence electrons. The molecule has 0 spiro atoms. The highest BCUT2D eigenvalue weighted by Gasteiger charge is 2.64. The van der Waals surface area contributed by atoms with Gasteiger partial charge < -0.3 is 20.9 Å². The van der Waals surface area contributed by atoms with Gasteiger partial charge in [0.1, 0.15) is 11.4 Å². The third kappa shape index (κ3) is 3.74. The summed E-state index contributed by atoms with van der Waals surface area (Å²) in [5.41, 5.74) is 6.72. The Morgan fingerprint density at radius 2 is 2.06 bits per heavy atom. The third-order valence-electron chi connectivity index (χ3n) is 8.29. The fourth-order valence-corrected chi connectivity index (χ4v) is 6.77. The molecule has 1 saturated heterocycles. The number of aliphatic hydroxyl groups is 1. The van der Waals surface area contributed by atoms with E-state index in [1.165, 1.54) is 24.0 Å². The molecular formula is C26H39N3O3. The number of carbonyl (C=O) groups excluding carboxylic acids is 1. The van der Waals surface area contributed by atoms with Gasteiger partial charge in [0.25, 0.3) is 0 Å². The lowest BCUT2D eigenvalue weighted by Crippen LogP contribution is -2.74. The first-order valence-corrected chi connectivity index (χ1v) is 12.4. The van der Waals surface area contributed by atoms with Gasteiger partial charge in [-0.15, -0.1) is 0 Å². The molecule has 1 aliphatic heterocycles. The molecule has 1 aromatic rings. The third-order valence-corrected chi connectivity index (χ3v) is 8.29. The van der Waals surface area contributed by atoms with Crippen LogP contribution < -0.4 is 15.8 Å². The summed E-state index contributed by atoms with van der Waals surface area (Å²) >= 11 is 0. The minimum absolute atomic E-state index is 0.00567. The first-order chi connectivity index (χ1) is 15.1. The number of hydrogen-bond acceptors (Lipinski definition) is 5. The fraction of sp³-hybridized carbons (Fsp3) is 0.731. The van der Waals surface area contributed by atoms with E-state index in [-0.39, 0.29) is 35.6 Å². The summed E-state index contributed by atoms with van der Waals surface area (Å²) in [5.74, 6) is 1.55. The van der Waals surface area contributed by atoms with E-state index in [0.29, 0.717) is 6.42 Å². The molecule has 0 radical (unpaired) electrons. The van der Waals surface area contributed by atoms with Crippen molar-refractivity contribution in [1.82, 2.24) is 10.2 Å². The molecule has 3 aliphatic carbocycles. The van der Waals surface area contributed by atoms with E-state index in [2.05, 4.69) is 49.2 Å². The molecule has 0 aromatic heterocycles. The standard InChI is InChI=1S/C26H39N3O3/c1-24(2,3)32-20-7-6-18-12-22-26(31)9-8-19(28-23(30)15-27)14-25(26,21(18)13-20)10-11-29(22)16-17-4-5-17/h6-7,13,17,19,22,31H,4-5,8-12,14-16,27H2,1-3H3,(H,28,30). The van der Waals surface area contributed by atoms with Gasteiger partial charge in [-0.2, -0.15) is 0 Å². The number of benzene rings is 1. The molecule has 1 amide bonds. The predicted molar refractivity (Wildman–Crippen MR) is 125 cm³/mol. The molecular weight excluding hydrogens is 402 g/mol. The number of amides is 1. The number of carbonyl (C=O) groups is 1. The lowest BCUT2D eigenvalue weighted by molar-refractivity contribution is -0.171. The minimum Gasteiger partial charge on any atom is -0.488 e. The highest BCUT2D eigenvalue weighted by molar-refractivity contribution is 5.78. The van der Waals surface area contributed by atoms with Crippen LogP contribution in [0, 0.1) is 5.92 Å². The van der Waals surface area contributed by atoms with Crippen molar-refractivity contribution in [2.75, 3.05) is 19.6 Å². The number of piperidine rings is 1. The van der Waals surface area contributed by atoms with Crippen LogP contribution in [-0.2, 0) is 16.6 Å². The van der Waals surface area contributed by atoms with Crippen molar-refractivity contribution < 1.29 is 14.6 Å². The maximum Gasteiger partial charge on any atom is 0.233 e. The van der Waals surface area contributed by atoms with E-state index >= 15 is 0 Å². The molecule has 6 heteroatoms. The van der Waals surface area contributed by atoms with E-state index in [4.69, 9.17) is 10.5 Å². The van der Waals surface area contributed by atoms with Gasteiger partial charge in [-0.3, -0.25) is 9.69 Å². The number of nitrogens with two attached hydrogens (primary N) is 1. The van der Waals surface area contributed by atoms with Crippen molar-refractivity contribution in [3.8, 4) is 5.75 Å². The normalized spacial score (nSPS) is 34.4. The molecule has 5 rings (SSSR count). The van der Waals surface area contributed by atoms with E-state index in [1.54, 1.807) is 0 Å². The van der Waals surface area contributed by atoms with Crippen LogP contribution in [0.3, 0.4) is 0 Å². The zero-order valence-electron chi connectivity index (χ0n) is 19.8. The molecule has 1 heterocycles. The zero-order valence-corrected chi connectivity index (χ0v) is 19.8. The number of nitrogens with zero attached hydrogens (tertiary/aromatic N) is 1. The SMILES string of the molecule is CC(C)(C)Oc1ccc2c(c1)C13CCN(CC4CC4)C(C2)C1(O)CCC(NC(=O)CN)C3. The quantitative estimate of drug-likeness (QED) is 0.654. The molecule has 4 N–H and O–H groups in total. The summed E-state index contributed by atoms with van der Waals surface area (Å²) < 4.78 is 6.23. The summed E-state index contributed by atoms with van der Waals surface area (Å²) in [6.45, 7) is 8.30. The zero-order chi connectivity index (χ0) is 22.7. The monoisotopic (exact) mass is 441 g/mol. The Labute approximate surface area is 191 Å². The number of fused-ring (bicyclic) bond motifs is 1. The Morgan fingerprint density at radius 3 is 2.75 bits per heavy atom. The van der Waals surface area contributed by atoms with Crippen molar-refractivity contribution in [3.63, 3.8) is 0 Å². The number of rotatable bonds is 5. The van der Waals surface area contributed by atoms with Crippen molar-refractivity contribution in [2.24, 2.45) is 11.7 Å². The average Bonchev–Trinajstić information content (AvgIpc) is 3.54. The highest BCUT2D eigenvalue weighted by atomic mass is 16.5. The van der Waals surface area contributed by atoms with Crippen LogP contribution in [-0.4, -0.2) is 58.8 Å². The van der Waals surface area contributed by atoms with E-state index in [9.17, 15) is 9.90 Å². The molecule has 4 atom stereocenters. The fourth-order valence-electron chi connectivity index (χ4n) is 6.77. The smallest absolute Gasteiger partial charge is 0.233 e. The summed E-state index contributed by atoms with van der Waals surface area (Å²) in [7, 11) is 0. The van der Waals surface area contributed by atoms with Gasteiger partial charge in [0.2, 0.25) is 5.91 Å². The number of ether oxygens (including phenoxy) is 1. The maximum absolute atomic E-state index is 12.4. The van der Waals surface area contributed by atoms with Crippen LogP contribution in [0.1, 0.15) is 70.4 Å². The Morgan fingerprint density at radius 1 is 1.28 bits per heavy atom. The molecule has 6 nitrogen and oxygen atoms in total. The van der Waals surface area contributed by atoms with Gasteiger partial charge >= 0.3 is 0 Å². The van der Waals surface area contributed by atoms with Gasteiger partial charge in [-0.25, -0.2) is 0 Å². The maximum atomic E-state index is 12.4. The van der Waals surface area contributed by atoms with Crippen LogP contribution in [0.4, 0.5) is 0 Å². The van der Waals surface area contributed by atoms with Crippen molar-refractivity contribution in [2.45, 2.75) is 94.4 Å². The molecule has 2 saturated carbocycles. The summed E-state index contributed by atoms with van der Waals surface area (Å²) in [6, 6.07) is 6.67. The lowest BCUT2D eigenvalue weighted by atomic mass is 9.49. The molecule has 4 aliphatic rings. The van der Waals surface area contributed by atoms with Crippen LogP contribution in [0.2, 0.25) is 0 Å². The van der Waals surface area contributed by atoms with E-state index < -0.39 is 5.60 Å². The topological polar surface area (TPSA) is 87.8 Å². The van der Waals surface area contributed by atoms with Gasteiger partial charge in [0.05, 0.1) is 12.1 Å². The molecule has 2 bridgehead atoms.